The molecule has 1 fully saturated rings. The van der Waals surface area contributed by atoms with Gasteiger partial charge in [0.1, 0.15) is 0 Å². The highest BCUT2D eigenvalue weighted by atomic mass is 35.6. The fourth-order valence-corrected chi connectivity index (χ4v) is 2.07. The van der Waals surface area contributed by atoms with Crippen LogP contribution in [-0.4, -0.2) is 45.2 Å². The van der Waals surface area contributed by atoms with Crippen molar-refractivity contribution in [1.29, 1.82) is 0 Å². The monoisotopic (exact) mass is 414 g/mol. The second-order valence-electron chi connectivity index (χ2n) is 4.42. The third-order valence-electron chi connectivity index (χ3n) is 2.83. The number of benzene rings is 1. The van der Waals surface area contributed by atoms with Crippen LogP contribution in [0, 0.1) is 5.82 Å². The van der Waals surface area contributed by atoms with Gasteiger partial charge in [0, 0.05) is 0 Å². The number of urea groups is 1. The number of methoxy groups -OCH3 is 1. The molecular weight excluding hydrogens is 407 g/mol. The molecule has 0 N–H and O–H groups in total. The lowest BCUT2D eigenvalue weighted by Crippen LogP contribution is -2.33. The molecule has 1 aliphatic heterocycles. The molecule has 2 rings (SSSR count). The van der Waals surface area contributed by atoms with Crippen molar-refractivity contribution in [3.05, 3.63) is 30.1 Å². The van der Waals surface area contributed by atoms with E-state index in [4.69, 9.17) is 46.4 Å². The molecular formula is C13H9Cl4FN3O3+. The Hall–Kier alpha value is -1.41. The van der Waals surface area contributed by atoms with Crippen LogP contribution in [0.2, 0.25) is 0 Å². The van der Waals surface area contributed by atoms with Gasteiger partial charge in [0.15, 0.2) is 17.0 Å². The van der Waals surface area contributed by atoms with Crippen LogP contribution in [0.25, 0.3) is 0 Å². The summed E-state index contributed by atoms with van der Waals surface area (Å²) in [7, 11) is 1.23. The number of aliphatic imine (C=N–C) groups is 1. The molecule has 0 radical (unpaired) electrons. The third kappa shape index (κ3) is 3.64. The van der Waals surface area contributed by atoms with Gasteiger partial charge < -0.3 is 4.74 Å². The SMILES string of the molecule is COC=[N+]1C(=O)C(=NC(Cl)C(Cl)(Cl)Cl)N(c2ccccc2F)C1=O. The first-order valence-electron chi connectivity index (χ1n) is 6.25. The normalized spacial score (nSPS) is 20.2. The molecule has 0 bridgehead atoms. The zero-order chi connectivity index (χ0) is 18.1. The second-order valence-corrected chi connectivity index (χ2v) is 7.20. The van der Waals surface area contributed by atoms with Gasteiger partial charge in [-0.05, 0) is 12.1 Å². The van der Waals surface area contributed by atoms with Gasteiger partial charge in [-0.1, -0.05) is 63.1 Å². The molecule has 1 unspecified atom stereocenters. The molecule has 0 saturated carbocycles. The number of amides is 3. The highest BCUT2D eigenvalue weighted by Crippen LogP contribution is 2.35. The van der Waals surface area contributed by atoms with Gasteiger partial charge >= 0.3 is 17.8 Å². The average molecular weight is 416 g/mol. The van der Waals surface area contributed by atoms with E-state index < -0.39 is 32.9 Å². The number of para-hydroxylation sites is 1. The van der Waals surface area contributed by atoms with Crippen LogP contribution in [0.5, 0.6) is 0 Å². The summed E-state index contributed by atoms with van der Waals surface area (Å²) in [5.74, 6) is -2.18. The Kier molecular flexibility index (Phi) is 5.70. The Morgan fingerprint density at radius 1 is 1.33 bits per heavy atom. The number of hydrogen-bond acceptors (Lipinski definition) is 4. The van der Waals surface area contributed by atoms with Crippen molar-refractivity contribution in [3.63, 3.8) is 0 Å². The number of amidine groups is 1. The first-order valence-corrected chi connectivity index (χ1v) is 7.82. The number of anilines is 1. The number of carbonyl (C=O) groups excluding carboxylic acids is 2. The zero-order valence-electron chi connectivity index (χ0n) is 11.9. The molecule has 11 heteroatoms. The smallest absolute Gasteiger partial charge is 0.471 e. The number of ether oxygens (including phenoxy) is 1. The fraction of sp³-hybridized carbons (Fsp3) is 0.231. The van der Waals surface area contributed by atoms with Crippen molar-refractivity contribution in [2.24, 2.45) is 4.99 Å². The lowest BCUT2D eigenvalue weighted by Gasteiger charge is -2.14. The molecule has 1 aromatic carbocycles. The molecule has 0 aliphatic carbocycles. The van der Waals surface area contributed by atoms with Gasteiger partial charge in [-0.25, -0.2) is 14.2 Å². The Morgan fingerprint density at radius 3 is 2.50 bits per heavy atom. The van der Waals surface area contributed by atoms with E-state index in [1.807, 2.05) is 0 Å². The van der Waals surface area contributed by atoms with Crippen LogP contribution < -0.4 is 4.90 Å². The fourth-order valence-electron chi connectivity index (χ4n) is 1.83. The van der Waals surface area contributed by atoms with Crippen molar-refractivity contribution in [2.75, 3.05) is 12.0 Å². The molecule has 0 spiro atoms. The van der Waals surface area contributed by atoms with Crippen LogP contribution in [0.1, 0.15) is 0 Å². The molecule has 1 aromatic rings. The minimum Gasteiger partial charge on any atom is -0.471 e. The average Bonchev–Trinajstić information content (AvgIpc) is 2.72. The summed E-state index contributed by atoms with van der Waals surface area (Å²) in [5.41, 5.74) is -1.71. The van der Waals surface area contributed by atoms with Gasteiger partial charge in [-0.15, -0.1) is 4.90 Å². The number of alkyl halides is 4. The van der Waals surface area contributed by atoms with E-state index in [1.54, 1.807) is 0 Å². The van der Waals surface area contributed by atoms with Crippen LogP contribution in [0.4, 0.5) is 14.9 Å². The Bertz CT molecular complexity index is 748. The van der Waals surface area contributed by atoms with Crippen molar-refractivity contribution in [3.8, 4) is 0 Å². The molecule has 1 aliphatic rings. The topological polar surface area (TPSA) is 62.0 Å². The highest BCUT2D eigenvalue weighted by molar-refractivity contribution is 6.70. The van der Waals surface area contributed by atoms with Crippen LogP contribution >= 0.6 is 46.4 Å². The lowest BCUT2D eigenvalue weighted by atomic mass is 10.3. The van der Waals surface area contributed by atoms with E-state index in [1.165, 1.54) is 25.3 Å². The Balaban J connectivity index is 2.62. The summed E-state index contributed by atoms with van der Waals surface area (Å²) >= 11 is 22.7. The maximum atomic E-state index is 14.1. The van der Waals surface area contributed by atoms with Gasteiger partial charge in [-0.3, -0.25) is 0 Å². The summed E-state index contributed by atoms with van der Waals surface area (Å²) in [4.78, 5) is 29.3. The molecule has 1 atom stereocenters. The number of rotatable bonds is 3. The number of halogens is 5. The van der Waals surface area contributed by atoms with Crippen LogP contribution in [0.15, 0.2) is 29.3 Å². The summed E-state index contributed by atoms with van der Waals surface area (Å²) in [6.45, 7) is 0. The standard InChI is InChI=1S/C13H9Cl4FN3O3/c1-24-6-20-10(22)9(19-11(14)13(15,16)17)21(12(20)23)8-5-3-2-4-7(8)18/h2-6,11H,1H3/q+1. The minimum absolute atomic E-state index is 0.213. The predicted molar refractivity (Wildman–Crippen MR) is 90.0 cm³/mol. The molecule has 0 aromatic heterocycles. The van der Waals surface area contributed by atoms with E-state index in [0.29, 0.717) is 4.58 Å². The molecule has 128 valence electrons. The van der Waals surface area contributed by atoms with Crippen molar-refractivity contribution in [2.45, 2.75) is 9.29 Å². The largest absolute Gasteiger partial charge is 0.515 e. The second kappa shape index (κ2) is 7.23. The highest BCUT2D eigenvalue weighted by Gasteiger charge is 2.53. The van der Waals surface area contributed by atoms with E-state index in [2.05, 4.69) is 9.73 Å². The third-order valence-corrected chi connectivity index (χ3v) is 4.21. The summed E-state index contributed by atoms with van der Waals surface area (Å²) in [5, 5.41) is 0. The predicted octanol–water partition coefficient (Wildman–Crippen LogP) is 3.31. The van der Waals surface area contributed by atoms with Crippen molar-refractivity contribution in [1.82, 2.24) is 0 Å². The number of carbonyl (C=O) groups is 2. The van der Waals surface area contributed by atoms with Gasteiger partial charge in [-0.2, -0.15) is 4.79 Å². The van der Waals surface area contributed by atoms with Crippen molar-refractivity contribution < 1.29 is 23.3 Å². The van der Waals surface area contributed by atoms with Crippen LogP contribution in [-0.2, 0) is 9.53 Å². The molecule has 6 nitrogen and oxygen atoms in total. The van der Waals surface area contributed by atoms with E-state index >= 15 is 0 Å². The quantitative estimate of drug-likeness (QED) is 0.250. The van der Waals surface area contributed by atoms with E-state index in [0.717, 1.165) is 17.4 Å². The van der Waals surface area contributed by atoms with E-state index in [-0.39, 0.29) is 5.69 Å². The maximum Gasteiger partial charge on any atom is 0.515 e. The summed E-state index contributed by atoms with van der Waals surface area (Å²) < 4.78 is 17.3. The van der Waals surface area contributed by atoms with Crippen LogP contribution in [0.3, 0.4) is 0 Å². The zero-order valence-corrected chi connectivity index (χ0v) is 14.9. The number of imide groups is 1. The molecule has 1 saturated heterocycles. The van der Waals surface area contributed by atoms with Gasteiger partial charge in [0.25, 0.3) is 6.40 Å². The number of hydrogen-bond donors (Lipinski definition) is 0. The van der Waals surface area contributed by atoms with Gasteiger partial charge in [0.05, 0.1) is 7.11 Å². The maximum absolute atomic E-state index is 14.1. The summed E-state index contributed by atoms with van der Waals surface area (Å²) in [6.07, 6.45) is 0.847. The van der Waals surface area contributed by atoms with Gasteiger partial charge in [0.2, 0.25) is 3.79 Å². The van der Waals surface area contributed by atoms with E-state index in [9.17, 15) is 14.0 Å². The Morgan fingerprint density at radius 2 is 1.96 bits per heavy atom. The Labute approximate surface area is 156 Å². The minimum atomic E-state index is -2.04. The first-order chi connectivity index (χ1) is 11.2. The van der Waals surface area contributed by atoms with Crippen molar-refractivity contribution >= 4 is 76.3 Å². The summed E-state index contributed by atoms with van der Waals surface area (Å²) in [6, 6.07) is 4.37. The first kappa shape index (κ1) is 18.9. The lowest BCUT2D eigenvalue weighted by molar-refractivity contribution is -0.345. The molecule has 1 heterocycles. The number of nitrogens with zero attached hydrogens (tertiary/aromatic N) is 3. The molecule has 24 heavy (non-hydrogen) atoms. The molecule has 3 amide bonds.